The van der Waals surface area contributed by atoms with E-state index in [0.717, 1.165) is 18.0 Å². The van der Waals surface area contributed by atoms with Crippen molar-refractivity contribution in [1.82, 2.24) is 5.32 Å². The summed E-state index contributed by atoms with van der Waals surface area (Å²) in [5.41, 5.74) is 1.33. The molecule has 1 nitrogen and oxygen atoms in total. The zero-order valence-electron chi connectivity index (χ0n) is 10.5. The van der Waals surface area contributed by atoms with Gasteiger partial charge in [0.1, 0.15) is 0 Å². The molecule has 0 heterocycles. The Hall–Kier alpha value is -0.530. The molecule has 16 heavy (non-hydrogen) atoms. The third-order valence-electron chi connectivity index (χ3n) is 2.87. The Morgan fingerprint density at radius 1 is 1.31 bits per heavy atom. The Labute approximate surface area is 104 Å². The molecule has 0 amide bonds. The molecular weight excluding hydrogens is 218 g/mol. The second-order valence-corrected chi connectivity index (χ2v) is 4.98. The highest BCUT2D eigenvalue weighted by Crippen LogP contribution is 2.23. The molecular formula is C14H22ClN. The molecule has 1 aromatic carbocycles. The van der Waals surface area contributed by atoms with Crippen LogP contribution in [0.1, 0.15) is 45.1 Å². The van der Waals surface area contributed by atoms with E-state index >= 15 is 0 Å². The smallest absolute Gasteiger partial charge is 0.0408 e. The van der Waals surface area contributed by atoms with Gasteiger partial charge in [0.25, 0.3) is 0 Å². The topological polar surface area (TPSA) is 12.0 Å². The van der Waals surface area contributed by atoms with Crippen molar-refractivity contribution in [3.8, 4) is 0 Å². The van der Waals surface area contributed by atoms with Gasteiger partial charge in [-0.3, -0.25) is 0 Å². The largest absolute Gasteiger partial charge is 0.314 e. The summed E-state index contributed by atoms with van der Waals surface area (Å²) in [6.07, 6.45) is 2.34. The first-order valence-corrected chi connectivity index (χ1v) is 6.50. The second-order valence-electron chi connectivity index (χ2n) is 4.55. The molecule has 1 aromatic rings. The van der Waals surface area contributed by atoms with Gasteiger partial charge in [0.05, 0.1) is 0 Å². The first-order chi connectivity index (χ1) is 7.63. The van der Waals surface area contributed by atoms with Gasteiger partial charge in [0.15, 0.2) is 0 Å². The molecule has 0 aliphatic carbocycles. The van der Waals surface area contributed by atoms with Gasteiger partial charge in [-0.15, -0.1) is 0 Å². The number of halogens is 1. The fraction of sp³-hybridized carbons (Fsp3) is 0.571. The number of hydrogen-bond acceptors (Lipinski definition) is 1. The van der Waals surface area contributed by atoms with E-state index in [1.54, 1.807) is 0 Å². The first-order valence-electron chi connectivity index (χ1n) is 6.12. The standard InChI is InChI=1S/C14H22ClN/c1-4-8-16-12(3)9-11(2)13-6-5-7-14(15)10-13/h5-7,10-12,16H,4,8-9H2,1-3H3. The number of hydrogen-bond donors (Lipinski definition) is 1. The van der Waals surface area contributed by atoms with Crippen LogP contribution in [0.25, 0.3) is 0 Å². The van der Waals surface area contributed by atoms with Gasteiger partial charge >= 0.3 is 0 Å². The summed E-state index contributed by atoms with van der Waals surface area (Å²) in [5, 5.41) is 4.35. The van der Waals surface area contributed by atoms with Crippen LogP contribution in [-0.2, 0) is 0 Å². The van der Waals surface area contributed by atoms with Crippen molar-refractivity contribution in [3.05, 3.63) is 34.9 Å². The summed E-state index contributed by atoms with van der Waals surface area (Å²) in [5.74, 6) is 0.554. The van der Waals surface area contributed by atoms with Crippen LogP contribution in [0, 0.1) is 0 Å². The fourth-order valence-electron chi connectivity index (χ4n) is 1.95. The second kappa shape index (κ2) is 6.93. The molecule has 2 unspecified atom stereocenters. The van der Waals surface area contributed by atoms with E-state index < -0.39 is 0 Å². The Bertz CT molecular complexity index is 311. The Kier molecular flexibility index (Phi) is 5.86. The van der Waals surface area contributed by atoms with Crippen LogP contribution in [0.2, 0.25) is 5.02 Å². The van der Waals surface area contributed by atoms with Crippen molar-refractivity contribution in [3.63, 3.8) is 0 Å². The summed E-state index contributed by atoms with van der Waals surface area (Å²) < 4.78 is 0. The maximum absolute atomic E-state index is 5.99. The van der Waals surface area contributed by atoms with Crippen molar-refractivity contribution in [1.29, 1.82) is 0 Å². The minimum Gasteiger partial charge on any atom is -0.314 e. The Morgan fingerprint density at radius 2 is 2.06 bits per heavy atom. The SMILES string of the molecule is CCCNC(C)CC(C)c1cccc(Cl)c1. The number of benzene rings is 1. The molecule has 0 spiro atoms. The predicted octanol–water partition coefficient (Wildman–Crippen LogP) is 4.22. The van der Waals surface area contributed by atoms with E-state index in [1.165, 1.54) is 12.0 Å². The highest BCUT2D eigenvalue weighted by Gasteiger charge is 2.10. The molecule has 0 radical (unpaired) electrons. The third-order valence-corrected chi connectivity index (χ3v) is 3.10. The molecule has 2 heteroatoms. The van der Waals surface area contributed by atoms with Crippen LogP contribution < -0.4 is 5.32 Å². The molecule has 0 fully saturated rings. The van der Waals surface area contributed by atoms with Gasteiger partial charge in [-0.1, -0.05) is 37.6 Å². The van der Waals surface area contributed by atoms with Crippen LogP contribution in [0.3, 0.4) is 0 Å². The summed E-state index contributed by atoms with van der Waals surface area (Å²) in [6.45, 7) is 7.80. The molecule has 1 rings (SSSR count). The summed E-state index contributed by atoms with van der Waals surface area (Å²) in [7, 11) is 0. The van der Waals surface area contributed by atoms with Gasteiger partial charge in [-0.05, 0) is 49.9 Å². The lowest BCUT2D eigenvalue weighted by atomic mass is 9.94. The molecule has 1 N–H and O–H groups in total. The number of nitrogens with one attached hydrogen (secondary N) is 1. The number of rotatable bonds is 6. The van der Waals surface area contributed by atoms with Gasteiger partial charge in [0, 0.05) is 11.1 Å². The van der Waals surface area contributed by atoms with Crippen molar-refractivity contribution in [2.45, 2.75) is 45.6 Å². The van der Waals surface area contributed by atoms with Gasteiger partial charge in [-0.2, -0.15) is 0 Å². The van der Waals surface area contributed by atoms with Crippen molar-refractivity contribution >= 4 is 11.6 Å². The highest BCUT2D eigenvalue weighted by molar-refractivity contribution is 6.30. The lowest BCUT2D eigenvalue weighted by Crippen LogP contribution is -2.27. The van der Waals surface area contributed by atoms with Gasteiger partial charge < -0.3 is 5.32 Å². The van der Waals surface area contributed by atoms with Gasteiger partial charge in [0.2, 0.25) is 0 Å². The van der Waals surface area contributed by atoms with E-state index in [4.69, 9.17) is 11.6 Å². The Morgan fingerprint density at radius 3 is 2.69 bits per heavy atom. The molecule has 0 aromatic heterocycles. The van der Waals surface area contributed by atoms with E-state index in [1.807, 2.05) is 12.1 Å². The molecule has 0 aliphatic heterocycles. The monoisotopic (exact) mass is 239 g/mol. The van der Waals surface area contributed by atoms with Crippen LogP contribution >= 0.6 is 11.6 Å². The average molecular weight is 240 g/mol. The zero-order valence-corrected chi connectivity index (χ0v) is 11.2. The predicted molar refractivity (Wildman–Crippen MR) is 72.2 cm³/mol. The highest BCUT2D eigenvalue weighted by atomic mass is 35.5. The molecule has 90 valence electrons. The van der Waals surface area contributed by atoms with Crippen LogP contribution in [-0.4, -0.2) is 12.6 Å². The maximum atomic E-state index is 5.99. The zero-order chi connectivity index (χ0) is 12.0. The Balaban J connectivity index is 2.48. The first kappa shape index (κ1) is 13.5. The average Bonchev–Trinajstić information content (AvgIpc) is 2.26. The molecule has 0 saturated carbocycles. The maximum Gasteiger partial charge on any atom is 0.0408 e. The van der Waals surface area contributed by atoms with Crippen LogP contribution in [0.15, 0.2) is 24.3 Å². The molecule has 0 saturated heterocycles. The minimum absolute atomic E-state index is 0.554. The summed E-state index contributed by atoms with van der Waals surface area (Å²) in [6, 6.07) is 8.74. The lowest BCUT2D eigenvalue weighted by molar-refractivity contribution is 0.479. The molecule has 0 aliphatic rings. The third kappa shape index (κ3) is 4.54. The normalized spacial score (nSPS) is 14.8. The summed E-state index contributed by atoms with van der Waals surface area (Å²) >= 11 is 5.99. The van der Waals surface area contributed by atoms with Crippen LogP contribution in [0.5, 0.6) is 0 Å². The minimum atomic E-state index is 0.554. The van der Waals surface area contributed by atoms with E-state index in [9.17, 15) is 0 Å². The quantitative estimate of drug-likeness (QED) is 0.784. The van der Waals surface area contributed by atoms with E-state index in [0.29, 0.717) is 12.0 Å². The van der Waals surface area contributed by atoms with Crippen molar-refractivity contribution < 1.29 is 0 Å². The summed E-state index contributed by atoms with van der Waals surface area (Å²) in [4.78, 5) is 0. The van der Waals surface area contributed by atoms with Crippen molar-refractivity contribution in [2.75, 3.05) is 6.54 Å². The fourth-order valence-corrected chi connectivity index (χ4v) is 2.15. The molecule has 2 atom stereocenters. The van der Waals surface area contributed by atoms with Crippen molar-refractivity contribution in [2.24, 2.45) is 0 Å². The van der Waals surface area contributed by atoms with Crippen LogP contribution in [0.4, 0.5) is 0 Å². The van der Waals surface area contributed by atoms with Gasteiger partial charge in [-0.25, -0.2) is 0 Å². The van der Waals surface area contributed by atoms with E-state index in [2.05, 4.69) is 38.2 Å². The lowest BCUT2D eigenvalue weighted by Gasteiger charge is -2.18. The van der Waals surface area contributed by atoms with E-state index in [-0.39, 0.29) is 0 Å². The molecule has 0 bridgehead atoms.